The van der Waals surface area contributed by atoms with Gasteiger partial charge in [0, 0.05) is 17.8 Å². The molecule has 3 aromatic rings. The van der Waals surface area contributed by atoms with Gasteiger partial charge in [-0.2, -0.15) is 5.26 Å². The van der Waals surface area contributed by atoms with Crippen molar-refractivity contribution < 1.29 is 4.79 Å². The largest absolute Gasteiger partial charge is 0.320 e. The van der Waals surface area contributed by atoms with Crippen molar-refractivity contribution >= 4 is 5.78 Å². The fourth-order valence-electron chi connectivity index (χ4n) is 3.61. The van der Waals surface area contributed by atoms with Gasteiger partial charge in [-0.25, -0.2) is 4.98 Å². The predicted molar refractivity (Wildman–Crippen MR) is 93.9 cm³/mol. The standard InChI is InChI=1S/C21H17N3O/c22-12-16-7-4-8-17(10-16)20-21(25)18(9-15-5-2-1-3-6-15)11-19-13-23-14-24(19)20/h1-8,10,13-14,18,20H,9,11H2. The van der Waals surface area contributed by atoms with Crippen molar-refractivity contribution in [3.05, 3.63) is 89.5 Å². The molecule has 25 heavy (non-hydrogen) atoms. The van der Waals surface area contributed by atoms with Crippen molar-refractivity contribution in [1.82, 2.24) is 9.55 Å². The Balaban J connectivity index is 1.73. The Morgan fingerprint density at radius 1 is 1.16 bits per heavy atom. The van der Waals surface area contributed by atoms with Gasteiger partial charge in [-0.3, -0.25) is 4.79 Å². The molecule has 4 nitrogen and oxygen atoms in total. The number of hydrogen-bond donors (Lipinski definition) is 0. The Morgan fingerprint density at radius 3 is 2.80 bits per heavy atom. The number of nitrogens with zero attached hydrogens (tertiary/aromatic N) is 3. The molecule has 1 aromatic heterocycles. The summed E-state index contributed by atoms with van der Waals surface area (Å²) < 4.78 is 1.94. The van der Waals surface area contributed by atoms with Crippen molar-refractivity contribution in [1.29, 1.82) is 5.26 Å². The maximum atomic E-state index is 13.3. The quantitative estimate of drug-likeness (QED) is 0.741. The van der Waals surface area contributed by atoms with Crippen molar-refractivity contribution in [2.24, 2.45) is 5.92 Å². The Bertz CT molecular complexity index is 953. The monoisotopic (exact) mass is 327 g/mol. The van der Waals surface area contributed by atoms with Crippen molar-refractivity contribution in [3.63, 3.8) is 0 Å². The predicted octanol–water partition coefficient (Wildman–Crippen LogP) is 3.33. The van der Waals surface area contributed by atoms with Gasteiger partial charge in [-0.1, -0.05) is 42.5 Å². The van der Waals surface area contributed by atoms with Gasteiger partial charge >= 0.3 is 0 Å². The molecule has 4 rings (SSSR count). The lowest BCUT2D eigenvalue weighted by atomic mass is 9.82. The van der Waals surface area contributed by atoms with Gasteiger partial charge in [0.1, 0.15) is 6.04 Å². The molecule has 0 fully saturated rings. The summed E-state index contributed by atoms with van der Waals surface area (Å²) in [5, 5.41) is 9.17. The highest BCUT2D eigenvalue weighted by Crippen LogP contribution is 2.33. The lowest BCUT2D eigenvalue weighted by molar-refractivity contribution is -0.126. The lowest BCUT2D eigenvalue weighted by Gasteiger charge is -2.30. The fraction of sp³-hybridized carbons (Fsp3) is 0.190. The molecule has 2 aromatic carbocycles. The molecule has 0 bridgehead atoms. The molecule has 2 heterocycles. The third-order valence-electron chi connectivity index (χ3n) is 4.81. The normalized spacial score (nSPS) is 19.2. The van der Waals surface area contributed by atoms with E-state index in [4.69, 9.17) is 0 Å². The molecule has 0 aliphatic carbocycles. The van der Waals surface area contributed by atoms with Gasteiger partial charge in [0.2, 0.25) is 0 Å². The van der Waals surface area contributed by atoms with Crippen LogP contribution < -0.4 is 0 Å². The zero-order chi connectivity index (χ0) is 17.2. The van der Waals surface area contributed by atoms with Crippen LogP contribution in [0.15, 0.2) is 67.1 Å². The first kappa shape index (κ1) is 15.3. The smallest absolute Gasteiger partial charge is 0.163 e. The van der Waals surface area contributed by atoms with Crippen LogP contribution in [0, 0.1) is 17.2 Å². The third kappa shape index (κ3) is 2.85. The van der Waals surface area contributed by atoms with E-state index < -0.39 is 6.04 Å². The van der Waals surface area contributed by atoms with Crippen LogP contribution >= 0.6 is 0 Å². The summed E-state index contributed by atoms with van der Waals surface area (Å²) in [4.78, 5) is 17.5. The maximum Gasteiger partial charge on any atom is 0.163 e. The Labute approximate surface area is 146 Å². The van der Waals surface area contributed by atoms with Crippen LogP contribution in [0.2, 0.25) is 0 Å². The van der Waals surface area contributed by atoms with Gasteiger partial charge in [-0.05, 0) is 36.1 Å². The molecular formula is C21H17N3O. The zero-order valence-corrected chi connectivity index (χ0v) is 13.7. The Hall–Kier alpha value is -3.19. The topological polar surface area (TPSA) is 58.7 Å². The number of imidazole rings is 1. The second kappa shape index (κ2) is 6.37. The van der Waals surface area contributed by atoms with Crippen LogP contribution in [0.1, 0.15) is 28.4 Å². The van der Waals surface area contributed by atoms with Gasteiger partial charge in [0.15, 0.2) is 5.78 Å². The second-order valence-electron chi connectivity index (χ2n) is 6.43. The van der Waals surface area contributed by atoms with E-state index in [2.05, 4.69) is 23.2 Å². The van der Waals surface area contributed by atoms with Gasteiger partial charge in [-0.15, -0.1) is 0 Å². The summed E-state index contributed by atoms with van der Waals surface area (Å²) in [5.74, 6) is 0.104. The molecule has 0 radical (unpaired) electrons. The third-order valence-corrected chi connectivity index (χ3v) is 4.81. The molecule has 0 N–H and O–H groups in total. The number of carbonyl (C=O) groups is 1. The number of hydrogen-bond acceptors (Lipinski definition) is 3. The molecule has 4 heteroatoms. The number of fused-ring (bicyclic) bond motifs is 1. The number of Topliss-reactive ketones (excluding diaryl/α,β-unsaturated/α-hetero) is 1. The molecule has 0 saturated carbocycles. The SMILES string of the molecule is N#Cc1cccc(C2C(=O)C(Cc3ccccc3)Cc3cncn32)c1. The van der Waals surface area contributed by atoms with Crippen LogP contribution in [0.4, 0.5) is 0 Å². The molecule has 0 spiro atoms. The summed E-state index contributed by atoms with van der Waals surface area (Å²) in [6, 6.07) is 19.2. The fourth-order valence-corrected chi connectivity index (χ4v) is 3.61. The molecule has 122 valence electrons. The molecule has 1 aliphatic heterocycles. The molecule has 0 saturated heterocycles. The van der Waals surface area contributed by atoms with E-state index in [1.54, 1.807) is 18.5 Å². The van der Waals surface area contributed by atoms with Crippen LogP contribution in [-0.4, -0.2) is 15.3 Å². The summed E-state index contributed by atoms with van der Waals surface area (Å²) in [5.41, 5.74) is 3.64. The summed E-state index contributed by atoms with van der Waals surface area (Å²) in [6.45, 7) is 0. The molecule has 2 unspecified atom stereocenters. The van der Waals surface area contributed by atoms with Crippen molar-refractivity contribution in [2.75, 3.05) is 0 Å². The van der Waals surface area contributed by atoms with E-state index in [1.807, 2.05) is 41.1 Å². The average Bonchev–Trinajstić information content (AvgIpc) is 3.11. The highest BCUT2D eigenvalue weighted by atomic mass is 16.1. The minimum atomic E-state index is -0.409. The van der Waals surface area contributed by atoms with Gasteiger partial charge < -0.3 is 4.57 Å². The zero-order valence-electron chi connectivity index (χ0n) is 13.7. The van der Waals surface area contributed by atoms with Gasteiger partial charge in [0.05, 0.1) is 18.0 Å². The average molecular weight is 327 g/mol. The maximum absolute atomic E-state index is 13.3. The van der Waals surface area contributed by atoms with E-state index in [0.29, 0.717) is 12.0 Å². The molecule has 1 aliphatic rings. The number of rotatable bonds is 3. The first-order chi connectivity index (χ1) is 12.3. The van der Waals surface area contributed by atoms with Crippen LogP contribution in [0.25, 0.3) is 0 Å². The Morgan fingerprint density at radius 2 is 2.00 bits per heavy atom. The number of ketones is 1. The van der Waals surface area contributed by atoms with E-state index in [0.717, 1.165) is 17.7 Å². The van der Waals surface area contributed by atoms with E-state index in [-0.39, 0.29) is 11.7 Å². The molecule has 2 atom stereocenters. The second-order valence-corrected chi connectivity index (χ2v) is 6.43. The minimum Gasteiger partial charge on any atom is -0.320 e. The van der Waals surface area contributed by atoms with E-state index in [1.165, 1.54) is 5.56 Å². The summed E-state index contributed by atoms with van der Waals surface area (Å²) >= 11 is 0. The Kier molecular flexibility index (Phi) is 3.91. The minimum absolute atomic E-state index is 0.0812. The first-order valence-corrected chi connectivity index (χ1v) is 8.34. The number of aromatic nitrogens is 2. The summed E-state index contributed by atoms with van der Waals surface area (Å²) in [7, 11) is 0. The van der Waals surface area contributed by atoms with Gasteiger partial charge in [0.25, 0.3) is 0 Å². The molecule has 0 amide bonds. The highest BCUT2D eigenvalue weighted by molar-refractivity contribution is 5.89. The number of carbonyl (C=O) groups excluding carboxylic acids is 1. The van der Waals surface area contributed by atoms with Crippen LogP contribution in [0.3, 0.4) is 0 Å². The summed E-state index contributed by atoms with van der Waals surface area (Å²) in [6.07, 6.45) is 4.97. The van der Waals surface area contributed by atoms with E-state index in [9.17, 15) is 10.1 Å². The molecular weight excluding hydrogens is 310 g/mol. The van der Waals surface area contributed by atoms with E-state index >= 15 is 0 Å². The number of benzene rings is 2. The first-order valence-electron chi connectivity index (χ1n) is 8.34. The van der Waals surface area contributed by atoms with Crippen LogP contribution in [-0.2, 0) is 17.6 Å². The highest BCUT2D eigenvalue weighted by Gasteiger charge is 2.36. The van der Waals surface area contributed by atoms with Crippen molar-refractivity contribution in [2.45, 2.75) is 18.9 Å². The van der Waals surface area contributed by atoms with Crippen molar-refractivity contribution in [3.8, 4) is 6.07 Å². The van der Waals surface area contributed by atoms with Crippen LogP contribution in [0.5, 0.6) is 0 Å². The lowest BCUT2D eigenvalue weighted by Crippen LogP contribution is -2.35. The number of nitriles is 1.